The second-order valence-electron chi connectivity index (χ2n) is 8.07. The molecule has 3 N–H and O–H groups in total. The molecule has 0 aliphatic carbocycles. The van der Waals surface area contributed by atoms with Gasteiger partial charge < -0.3 is 15.7 Å². The van der Waals surface area contributed by atoms with E-state index in [-0.39, 0.29) is 6.47 Å². The molecule has 0 bridgehead atoms. The molecule has 2 aliphatic heterocycles. The van der Waals surface area contributed by atoms with Crippen LogP contribution in [0.1, 0.15) is 44.6 Å². The first kappa shape index (κ1) is 23.9. The lowest BCUT2D eigenvalue weighted by atomic mass is 10.0. The molecule has 2 aliphatic rings. The van der Waals surface area contributed by atoms with Gasteiger partial charge in [-0.25, -0.2) is 0 Å². The number of carboxylic acid groups (broad SMARTS) is 1. The molecule has 0 radical (unpaired) electrons. The van der Waals surface area contributed by atoms with Crippen LogP contribution in [0.15, 0.2) is 65.9 Å². The Hall–Kier alpha value is -2.37. The van der Waals surface area contributed by atoms with Crippen molar-refractivity contribution in [3.8, 4) is 0 Å². The fourth-order valence-electron chi connectivity index (χ4n) is 3.82. The van der Waals surface area contributed by atoms with E-state index in [9.17, 15) is 0 Å². The first-order valence-corrected chi connectivity index (χ1v) is 11.0. The summed E-state index contributed by atoms with van der Waals surface area (Å²) in [5, 5.41) is 14.0. The van der Waals surface area contributed by atoms with Crippen LogP contribution in [0.25, 0.3) is 0 Å². The van der Waals surface area contributed by atoms with Gasteiger partial charge in [-0.3, -0.25) is 9.69 Å². The lowest BCUT2D eigenvalue weighted by Gasteiger charge is -2.40. The summed E-state index contributed by atoms with van der Waals surface area (Å²) in [4.78, 5) is 10.9. The van der Waals surface area contributed by atoms with Gasteiger partial charge in [0.25, 0.3) is 6.47 Å². The molecule has 1 fully saturated rings. The Bertz CT molecular complexity index is 706. The van der Waals surface area contributed by atoms with Crippen LogP contribution in [0.3, 0.4) is 0 Å². The van der Waals surface area contributed by atoms with Crippen molar-refractivity contribution in [3.05, 3.63) is 71.5 Å². The normalized spacial score (nSPS) is 17.1. The van der Waals surface area contributed by atoms with E-state index in [2.05, 4.69) is 71.5 Å². The van der Waals surface area contributed by atoms with Crippen LogP contribution in [0.5, 0.6) is 0 Å². The highest BCUT2D eigenvalue weighted by molar-refractivity contribution is 5.32. The monoisotopic (exact) mass is 411 g/mol. The summed E-state index contributed by atoms with van der Waals surface area (Å²) in [7, 11) is 0. The number of unbranched alkanes of at least 4 members (excludes halogenated alkanes) is 1. The van der Waals surface area contributed by atoms with E-state index in [1.54, 1.807) is 0 Å². The summed E-state index contributed by atoms with van der Waals surface area (Å²) in [5.74, 6) is 0. The largest absolute Gasteiger partial charge is 0.483 e. The van der Waals surface area contributed by atoms with Crippen LogP contribution in [0, 0.1) is 0 Å². The number of likely N-dealkylation sites (tertiary alicyclic amines) is 1. The molecule has 1 saturated heterocycles. The fraction of sp³-hybridized carbons (Fsp3) is 0.480. The molecule has 1 aromatic rings. The first-order chi connectivity index (χ1) is 14.6. The minimum atomic E-state index is -0.250. The number of benzene rings is 1. The van der Waals surface area contributed by atoms with E-state index in [0.29, 0.717) is 6.04 Å². The minimum absolute atomic E-state index is 0.250. The van der Waals surface area contributed by atoms with Crippen molar-refractivity contribution in [1.29, 1.82) is 0 Å². The molecule has 0 saturated carbocycles. The predicted octanol–water partition coefficient (Wildman–Crippen LogP) is 4.10. The minimum Gasteiger partial charge on any atom is -0.483 e. The van der Waals surface area contributed by atoms with E-state index >= 15 is 0 Å². The second-order valence-corrected chi connectivity index (χ2v) is 8.07. The van der Waals surface area contributed by atoms with Crippen molar-refractivity contribution in [2.45, 2.75) is 51.6 Å². The van der Waals surface area contributed by atoms with E-state index in [0.717, 1.165) is 26.1 Å². The zero-order chi connectivity index (χ0) is 21.6. The van der Waals surface area contributed by atoms with Crippen molar-refractivity contribution in [2.24, 2.45) is 0 Å². The van der Waals surface area contributed by atoms with Crippen LogP contribution in [0.2, 0.25) is 0 Å². The molecule has 0 amide bonds. The molecular formula is C25H37N3O2. The van der Waals surface area contributed by atoms with Crippen LogP contribution in [-0.4, -0.2) is 48.7 Å². The third kappa shape index (κ3) is 8.97. The summed E-state index contributed by atoms with van der Waals surface area (Å²) in [6.45, 7) is 11.8. The van der Waals surface area contributed by atoms with Crippen molar-refractivity contribution in [2.75, 3.05) is 26.2 Å². The van der Waals surface area contributed by atoms with Gasteiger partial charge in [-0.2, -0.15) is 0 Å². The molecular weight excluding hydrogens is 374 g/mol. The van der Waals surface area contributed by atoms with Gasteiger partial charge in [0.2, 0.25) is 0 Å². The number of rotatable bonds is 10. The van der Waals surface area contributed by atoms with Gasteiger partial charge in [0, 0.05) is 37.9 Å². The highest BCUT2D eigenvalue weighted by Gasteiger charge is 2.25. The van der Waals surface area contributed by atoms with E-state index in [1.165, 1.54) is 61.2 Å². The van der Waals surface area contributed by atoms with Crippen LogP contribution in [-0.2, 0) is 11.3 Å². The number of hydrogen-bond donors (Lipinski definition) is 3. The molecule has 0 unspecified atom stereocenters. The van der Waals surface area contributed by atoms with Gasteiger partial charge >= 0.3 is 0 Å². The Balaban J connectivity index is 0.00000101. The van der Waals surface area contributed by atoms with Gasteiger partial charge in [-0.1, -0.05) is 54.6 Å². The van der Waals surface area contributed by atoms with E-state index in [4.69, 9.17) is 9.90 Å². The Morgan fingerprint density at radius 2 is 2.03 bits per heavy atom. The standard InChI is InChI=1S/C24H35N3.CH2O2/c1-20(13-14-23-12-8-16-25-21(23)2)9-6-7-15-26-24-18-27(19-24)17-22-10-4-3-5-11-22;2-1-3/h3-5,10-11,13-14,24-26H,1,6-9,12,15-19H2,2H3;1H,(H,2,3)/b14-13-;. The van der Waals surface area contributed by atoms with Crippen molar-refractivity contribution in [3.63, 3.8) is 0 Å². The van der Waals surface area contributed by atoms with Crippen LogP contribution >= 0.6 is 0 Å². The van der Waals surface area contributed by atoms with E-state index < -0.39 is 0 Å². The van der Waals surface area contributed by atoms with Gasteiger partial charge in [-0.05, 0) is 56.7 Å². The number of nitrogens with one attached hydrogen (secondary N) is 2. The SMILES string of the molecule is C=C(/C=C\C1=C(C)NCCC1)CCCCNC1CN(Cc2ccccc2)C1.O=CO. The average molecular weight is 412 g/mol. The molecule has 1 aromatic carbocycles. The predicted molar refractivity (Wildman–Crippen MR) is 124 cm³/mol. The summed E-state index contributed by atoms with van der Waals surface area (Å²) in [6.07, 6.45) is 10.4. The molecule has 0 aromatic heterocycles. The quantitative estimate of drug-likeness (QED) is 0.307. The van der Waals surface area contributed by atoms with E-state index in [1.807, 2.05) is 0 Å². The van der Waals surface area contributed by atoms with Gasteiger partial charge in [-0.15, -0.1) is 0 Å². The average Bonchev–Trinajstić information content (AvgIpc) is 2.72. The number of nitrogens with zero attached hydrogens (tertiary/aromatic N) is 1. The molecule has 5 nitrogen and oxygen atoms in total. The summed E-state index contributed by atoms with van der Waals surface area (Å²) >= 11 is 0. The second kappa shape index (κ2) is 13.8. The third-order valence-corrected chi connectivity index (χ3v) is 5.58. The Morgan fingerprint density at radius 3 is 2.73 bits per heavy atom. The molecule has 2 heterocycles. The van der Waals surface area contributed by atoms with Crippen molar-refractivity contribution >= 4 is 6.47 Å². The summed E-state index contributed by atoms with van der Waals surface area (Å²) in [5.41, 5.74) is 5.43. The number of hydrogen-bond acceptors (Lipinski definition) is 4. The Kier molecular flexibility index (Phi) is 11.0. The maximum Gasteiger partial charge on any atom is 0.290 e. The Morgan fingerprint density at radius 1 is 1.30 bits per heavy atom. The summed E-state index contributed by atoms with van der Waals surface area (Å²) in [6, 6.07) is 11.4. The van der Waals surface area contributed by atoms with Gasteiger partial charge in [0.05, 0.1) is 0 Å². The zero-order valence-electron chi connectivity index (χ0n) is 18.3. The van der Waals surface area contributed by atoms with Crippen LogP contribution in [0.4, 0.5) is 0 Å². The molecule has 164 valence electrons. The highest BCUT2D eigenvalue weighted by Crippen LogP contribution is 2.17. The number of carbonyl (C=O) groups is 1. The highest BCUT2D eigenvalue weighted by atomic mass is 16.3. The third-order valence-electron chi connectivity index (χ3n) is 5.58. The molecule has 5 heteroatoms. The maximum absolute atomic E-state index is 8.36. The number of allylic oxidation sites excluding steroid dienone is 5. The van der Waals surface area contributed by atoms with Crippen molar-refractivity contribution < 1.29 is 9.90 Å². The Labute approximate surface area is 181 Å². The first-order valence-electron chi connectivity index (χ1n) is 11.0. The maximum atomic E-state index is 8.36. The fourth-order valence-corrected chi connectivity index (χ4v) is 3.82. The van der Waals surface area contributed by atoms with Crippen molar-refractivity contribution in [1.82, 2.24) is 15.5 Å². The molecule has 0 atom stereocenters. The molecule has 0 spiro atoms. The smallest absolute Gasteiger partial charge is 0.290 e. The molecule has 3 rings (SSSR count). The van der Waals surface area contributed by atoms with Gasteiger partial charge in [0.1, 0.15) is 0 Å². The van der Waals surface area contributed by atoms with Gasteiger partial charge in [0.15, 0.2) is 0 Å². The lowest BCUT2D eigenvalue weighted by Crippen LogP contribution is -2.57. The lowest BCUT2D eigenvalue weighted by molar-refractivity contribution is -0.122. The zero-order valence-corrected chi connectivity index (χ0v) is 18.3. The topological polar surface area (TPSA) is 64.6 Å². The molecule has 30 heavy (non-hydrogen) atoms. The van der Waals surface area contributed by atoms with Crippen LogP contribution < -0.4 is 10.6 Å². The summed E-state index contributed by atoms with van der Waals surface area (Å²) < 4.78 is 0.